The molecule has 3 nitrogen and oxygen atoms in total. The van der Waals surface area contributed by atoms with Crippen LogP contribution in [0.5, 0.6) is 5.75 Å². The van der Waals surface area contributed by atoms with E-state index in [1.54, 1.807) is 7.11 Å². The molecule has 0 aliphatic heterocycles. The maximum atomic E-state index is 5.73. The zero-order valence-electron chi connectivity index (χ0n) is 9.91. The van der Waals surface area contributed by atoms with E-state index in [-0.39, 0.29) is 0 Å². The van der Waals surface area contributed by atoms with Crippen LogP contribution in [0.25, 0.3) is 11.0 Å². The molecule has 2 aromatic rings. The summed E-state index contributed by atoms with van der Waals surface area (Å²) >= 11 is 0. The Balaban J connectivity index is 2.70. The molecule has 1 aromatic heterocycles. The maximum absolute atomic E-state index is 5.73. The van der Waals surface area contributed by atoms with Gasteiger partial charge in [0.1, 0.15) is 17.1 Å². The molecule has 0 bridgehead atoms. The average Bonchev–Trinajstić information content (AvgIpc) is 2.65. The Morgan fingerprint density at radius 2 is 2.12 bits per heavy atom. The molecule has 0 saturated heterocycles. The summed E-state index contributed by atoms with van der Waals surface area (Å²) in [4.78, 5) is 0. The zero-order valence-corrected chi connectivity index (χ0v) is 9.91. The number of furan rings is 1. The van der Waals surface area contributed by atoms with Crippen molar-refractivity contribution in [1.29, 1.82) is 0 Å². The van der Waals surface area contributed by atoms with Gasteiger partial charge in [-0.3, -0.25) is 0 Å². The molecular formula is C13H17NO2. The van der Waals surface area contributed by atoms with Gasteiger partial charge in [-0.05, 0) is 24.1 Å². The minimum Gasteiger partial charge on any atom is -0.497 e. The molecule has 0 amide bonds. The Hall–Kier alpha value is -1.48. The van der Waals surface area contributed by atoms with E-state index in [4.69, 9.17) is 14.9 Å². The van der Waals surface area contributed by atoms with Crippen molar-refractivity contribution in [1.82, 2.24) is 0 Å². The first-order valence-electron chi connectivity index (χ1n) is 5.46. The summed E-state index contributed by atoms with van der Waals surface area (Å²) < 4.78 is 11.0. The van der Waals surface area contributed by atoms with Crippen molar-refractivity contribution in [3.05, 3.63) is 29.5 Å². The predicted molar refractivity (Wildman–Crippen MR) is 64.7 cm³/mol. The lowest BCUT2D eigenvalue weighted by Crippen LogP contribution is -1.99. The van der Waals surface area contributed by atoms with E-state index in [1.165, 1.54) is 5.56 Å². The molecule has 16 heavy (non-hydrogen) atoms. The van der Waals surface area contributed by atoms with Gasteiger partial charge >= 0.3 is 0 Å². The molecule has 0 aliphatic rings. The smallest absolute Gasteiger partial charge is 0.134 e. The van der Waals surface area contributed by atoms with Crippen LogP contribution in [-0.2, 0) is 6.54 Å². The standard InChI is InChI=1S/C13H17NO2/c1-8(2)13-10-6-9(15-3)4-5-11(10)16-12(13)7-14/h4-6,8H,7,14H2,1-3H3. The minimum atomic E-state index is 0.395. The lowest BCUT2D eigenvalue weighted by Gasteiger charge is -2.05. The quantitative estimate of drug-likeness (QED) is 0.863. The second-order valence-electron chi connectivity index (χ2n) is 4.16. The second kappa shape index (κ2) is 4.18. The van der Waals surface area contributed by atoms with Gasteiger partial charge in [-0.2, -0.15) is 0 Å². The number of rotatable bonds is 3. The number of fused-ring (bicyclic) bond motifs is 1. The number of ether oxygens (including phenoxy) is 1. The SMILES string of the molecule is COc1ccc2oc(CN)c(C(C)C)c2c1. The van der Waals surface area contributed by atoms with Crippen LogP contribution < -0.4 is 10.5 Å². The first-order valence-corrected chi connectivity index (χ1v) is 5.46. The third kappa shape index (κ3) is 1.67. The van der Waals surface area contributed by atoms with Crippen LogP contribution in [0.15, 0.2) is 22.6 Å². The number of methoxy groups -OCH3 is 1. The minimum absolute atomic E-state index is 0.395. The monoisotopic (exact) mass is 219 g/mol. The largest absolute Gasteiger partial charge is 0.497 e. The van der Waals surface area contributed by atoms with E-state index in [0.29, 0.717) is 12.5 Å². The van der Waals surface area contributed by atoms with Crippen molar-refractivity contribution in [3.63, 3.8) is 0 Å². The molecule has 0 fully saturated rings. The van der Waals surface area contributed by atoms with Crippen molar-refractivity contribution in [2.45, 2.75) is 26.3 Å². The van der Waals surface area contributed by atoms with Crippen LogP contribution in [0.1, 0.15) is 31.1 Å². The van der Waals surface area contributed by atoms with E-state index in [0.717, 1.165) is 22.5 Å². The van der Waals surface area contributed by atoms with Gasteiger partial charge in [0.05, 0.1) is 13.7 Å². The molecule has 86 valence electrons. The molecular weight excluding hydrogens is 202 g/mol. The third-order valence-corrected chi connectivity index (χ3v) is 2.77. The van der Waals surface area contributed by atoms with Gasteiger partial charge in [-0.1, -0.05) is 13.8 Å². The lowest BCUT2D eigenvalue weighted by atomic mass is 9.99. The number of hydrogen-bond acceptors (Lipinski definition) is 3. The fourth-order valence-electron chi connectivity index (χ4n) is 2.06. The normalized spacial score (nSPS) is 11.3. The van der Waals surface area contributed by atoms with Gasteiger partial charge in [-0.25, -0.2) is 0 Å². The Morgan fingerprint density at radius 1 is 1.38 bits per heavy atom. The highest BCUT2D eigenvalue weighted by molar-refractivity contribution is 5.84. The Kier molecular flexibility index (Phi) is 2.88. The van der Waals surface area contributed by atoms with Crippen LogP contribution in [0.4, 0.5) is 0 Å². The average molecular weight is 219 g/mol. The summed E-state index contributed by atoms with van der Waals surface area (Å²) in [7, 11) is 1.67. The topological polar surface area (TPSA) is 48.4 Å². The van der Waals surface area contributed by atoms with E-state index in [9.17, 15) is 0 Å². The van der Waals surface area contributed by atoms with Crippen LogP contribution in [0, 0.1) is 0 Å². The fourth-order valence-corrected chi connectivity index (χ4v) is 2.06. The van der Waals surface area contributed by atoms with Crippen molar-refractivity contribution in [3.8, 4) is 5.75 Å². The van der Waals surface area contributed by atoms with Gasteiger partial charge in [0.15, 0.2) is 0 Å². The summed E-state index contributed by atoms with van der Waals surface area (Å²) in [5.41, 5.74) is 7.77. The molecule has 0 saturated carbocycles. The van der Waals surface area contributed by atoms with Gasteiger partial charge in [0.25, 0.3) is 0 Å². The Labute approximate surface area is 95.2 Å². The summed E-state index contributed by atoms with van der Waals surface area (Å²) in [5.74, 6) is 2.11. The Morgan fingerprint density at radius 3 is 2.69 bits per heavy atom. The number of benzene rings is 1. The zero-order chi connectivity index (χ0) is 11.7. The number of nitrogens with two attached hydrogens (primary N) is 1. The molecule has 0 atom stereocenters. The molecule has 2 N–H and O–H groups in total. The van der Waals surface area contributed by atoms with E-state index >= 15 is 0 Å². The molecule has 0 aliphatic carbocycles. The second-order valence-corrected chi connectivity index (χ2v) is 4.16. The van der Waals surface area contributed by atoms with Crippen LogP contribution in [0.2, 0.25) is 0 Å². The molecule has 0 radical (unpaired) electrons. The highest BCUT2D eigenvalue weighted by Gasteiger charge is 2.16. The van der Waals surface area contributed by atoms with E-state index in [1.807, 2.05) is 18.2 Å². The summed E-state index contributed by atoms with van der Waals surface area (Å²) in [5, 5.41) is 1.11. The molecule has 3 heteroatoms. The Bertz CT molecular complexity index is 500. The molecule has 0 spiro atoms. The number of hydrogen-bond donors (Lipinski definition) is 1. The summed E-state index contributed by atoms with van der Waals surface area (Å²) in [6, 6.07) is 5.84. The summed E-state index contributed by atoms with van der Waals surface area (Å²) in [6.45, 7) is 4.72. The van der Waals surface area contributed by atoms with Gasteiger partial charge in [0.2, 0.25) is 0 Å². The van der Waals surface area contributed by atoms with E-state index in [2.05, 4.69) is 13.8 Å². The van der Waals surface area contributed by atoms with Gasteiger partial charge < -0.3 is 14.9 Å². The van der Waals surface area contributed by atoms with Gasteiger partial charge in [-0.15, -0.1) is 0 Å². The van der Waals surface area contributed by atoms with Gasteiger partial charge in [0, 0.05) is 10.9 Å². The third-order valence-electron chi connectivity index (χ3n) is 2.77. The predicted octanol–water partition coefficient (Wildman–Crippen LogP) is 3.02. The summed E-state index contributed by atoms with van der Waals surface area (Å²) in [6.07, 6.45) is 0. The first-order chi connectivity index (χ1) is 7.67. The van der Waals surface area contributed by atoms with E-state index < -0.39 is 0 Å². The van der Waals surface area contributed by atoms with Crippen LogP contribution in [0.3, 0.4) is 0 Å². The molecule has 2 rings (SSSR count). The molecule has 1 heterocycles. The van der Waals surface area contributed by atoms with Crippen LogP contribution in [-0.4, -0.2) is 7.11 Å². The molecule has 1 aromatic carbocycles. The van der Waals surface area contributed by atoms with Crippen molar-refractivity contribution >= 4 is 11.0 Å². The lowest BCUT2D eigenvalue weighted by molar-refractivity contribution is 0.415. The fraction of sp³-hybridized carbons (Fsp3) is 0.385. The highest BCUT2D eigenvalue weighted by atomic mass is 16.5. The molecule has 0 unspecified atom stereocenters. The highest BCUT2D eigenvalue weighted by Crippen LogP contribution is 2.33. The van der Waals surface area contributed by atoms with Crippen LogP contribution >= 0.6 is 0 Å². The van der Waals surface area contributed by atoms with Crippen molar-refractivity contribution in [2.24, 2.45) is 5.73 Å². The van der Waals surface area contributed by atoms with Crippen molar-refractivity contribution < 1.29 is 9.15 Å². The van der Waals surface area contributed by atoms with Crippen molar-refractivity contribution in [2.75, 3.05) is 7.11 Å². The maximum Gasteiger partial charge on any atom is 0.134 e. The first kappa shape index (κ1) is 11.0.